The molecule has 0 saturated carbocycles. The van der Waals surface area contributed by atoms with E-state index in [0.717, 1.165) is 28.8 Å². The van der Waals surface area contributed by atoms with Gasteiger partial charge in [-0.2, -0.15) is 4.57 Å². The summed E-state index contributed by atoms with van der Waals surface area (Å²) in [5, 5.41) is 2.26. The molecule has 1 aliphatic heterocycles. The van der Waals surface area contributed by atoms with Crippen LogP contribution in [0.1, 0.15) is 30.5 Å². The van der Waals surface area contributed by atoms with Crippen molar-refractivity contribution in [2.24, 2.45) is 13.0 Å². The smallest absolute Gasteiger partial charge is 0.259 e. The second kappa shape index (κ2) is 5.55. The molecule has 3 heteroatoms. The van der Waals surface area contributed by atoms with E-state index in [1.165, 1.54) is 28.1 Å². The van der Waals surface area contributed by atoms with Crippen molar-refractivity contribution in [3.8, 4) is 22.8 Å². The first kappa shape index (κ1) is 16.1. The van der Waals surface area contributed by atoms with Gasteiger partial charge < -0.3 is 4.74 Å². The van der Waals surface area contributed by atoms with Gasteiger partial charge in [-0.1, -0.05) is 26.0 Å². The molecule has 0 aliphatic carbocycles. The van der Waals surface area contributed by atoms with Gasteiger partial charge in [-0.3, -0.25) is 0 Å². The Morgan fingerprint density at radius 3 is 2.64 bits per heavy atom. The fourth-order valence-corrected chi connectivity index (χ4v) is 3.87. The fraction of sp³-hybridized carbons (Fsp3) is 0.318. The highest BCUT2D eigenvalue weighted by atomic mass is 19.1. The van der Waals surface area contributed by atoms with Gasteiger partial charge in [0.2, 0.25) is 5.75 Å². The summed E-state index contributed by atoms with van der Waals surface area (Å²) in [7, 11) is 1.94. The lowest BCUT2D eigenvalue weighted by atomic mass is 9.88. The predicted octanol–water partition coefficient (Wildman–Crippen LogP) is 5.39. The Balaban J connectivity index is 2.13. The van der Waals surface area contributed by atoms with Gasteiger partial charge in [-0.25, -0.2) is 4.39 Å². The van der Waals surface area contributed by atoms with Crippen LogP contribution in [0, 0.1) is 25.6 Å². The first-order chi connectivity index (χ1) is 11.9. The van der Waals surface area contributed by atoms with E-state index < -0.39 is 0 Å². The number of rotatable bonds is 2. The Labute approximate surface area is 147 Å². The van der Waals surface area contributed by atoms with Crippen molar-refractivity contribution in [1.82, 2.24) is 0 Å². The van der Waals surface area contributed by atoms with E-state index in [2.05, 4.69) is 45.9 Å². The number of aromatic nitrogens is 1. The van der Waals surface area contributed by atoms with Crippen molar-refractivity contribution in [3.63, 3.8) is 0 Å². The van der Waals surface area contributed by atoms with E-state index in [9.17, 15) is 4.39 Å². The molecule has 1 aliphatic rings. The third-order valence-corrected chi connectivity index (χ3v) is 5.10. The van der Waals surface area contributed by atoms with Crippen LogP contribution in [0.3, 0.4) is 0 Å². The van der Waals surface area contributed by atoms with Crippen LogP contribution >= 0.6 is 0 Å². The van der Waals surface area contributed by atoms with E-state index in [0.29, 0.717) is 11.7 Å². The summed E-state index contributed by atoms with van der Waals surface area (Å²) < 4.78 is 22.6. The Hall–Kier alpha value is -2.42. The third-order valence-electron chi connectivity index (χ3n) is 5.10. The van der Waals surface area contributed by atoms with E-state index in [-0.39, 0.29) is 5.82 Å². The third kappa shape index (κ3) is 2.41. The molecule has 0 bridgehead atoms. The van der Waals surface area contributed by atoms with Crippen molar-refractivity contribution in [3.05, 3.63) is 53.0 Å². The van der Waals surface area contributed by atoms with Gasteiger partial charge in [0.05, 0.1) is 5.56 Å². The summed E-state index contributed by atoms with van der Waals surface area (Å²) >= 11 is 0. The quantitative estimate of drug-likeness (QED) is 0.447. The van der Waals surface area contributed by atoms with Crippen molar-refractivity contribution in [2.75, 3.05) is 0 Å². The Bertz CT molecular complexity index is 1020. The highest BCUT2D eigenvalue weighted by molar-refractivity contribution is 6.04. The van der Waals surface area contributed by atoms with Gasteiger partial charge >= 0.3 is 0 Å². The molecule has 0 unspecified atom stereocenters. The maximum Gasteiger partial charge on any atom is 0.259 e. The molecule has 3 aromatic rings. The van der Waals surface area contributed by atoms with Crippen LogP contribution in [-0.2, 0) is 13.5 Å². The summed E-state index contributed by atoms with van der Waals surface area (Å²) in [4.78, 5) is 0. The molecule has 0 amide bonds. The standard InChI is InChI=1S/C22H23FNO/c1-12(2)8-15-10-16-9-13(3)14(4)19-20(16)18(11-15)25-22-17(23)6-7-24(5)21(19)22/h6-7,9-12H,8H2,1-5H3/q+1. The number of hydrogen-bond acceptors (Lipinski definition) is 1. The molecule has 0 saturated heterocycles. The first-order valence-corrected chi connectivity index (χ1v) is 8.80. The fourth-order valence-electron chi connectivity index (χ4n) is 3.87. The highest BCUT2D eigenvalue weighted by Crippen LogP contribution is 2.48. The van der Waals surface area contributed by atoms with E-state index in [4.69, 9.17) is 4.74 Å². The van der Waals surface area contributed by atoms with Crippen molar-refractivity contribution < 1.29 is 13.7 Å². The molecule has 0 radical (unpaired) electrons. The summed E-state index contributed by atoms with van der Waals surface area (Å²) in [6.07, 6.45) is 2.73. The van der Waals surface area contributed by atoms with E-state index >= 15 is 0 Å². The first-order valence-electron chi connectivity index (χ1n) is 8.80. The lowest BCUT2D eigenvalue weighted by molar-refractivity contribution is -0.660. The van der Waals surface area contributed by atoms with Crippen LogP contribution in [0.5, 0.6) is 11.5 Å². The lowest BCUT2D eigenvalue weighted by Gasteiger charge is -2.23. The van der Waals surface area contributed by atoms with Gasteiger partial charge in [0.25, 0.3) is 5.69 Å². The van der Waals surface area contributed by atoms with Crippen molar-refractivity contribution in [2.45, 2.75) is 34.1 Å². The maximum atomic E-state index is 14.5. The summed E-state index contributed by atoms with van der Waals surface area (Å²) in [5.74, 6) is 1.33. The van der Waals surface area contributed by atoms with Gasteiger partial charge in [-0.05, 0) is 54.3 Å². The van der Waals surface area contributed by atoms with Crippen LogP contribution in [0.2, 0.25) is 0 Å². The molecular weight excluding hydrogens is 313 g/mol. The zero-order valence-corrected chi connectivity index (χ0v) is 15.4. The second-order valence-electron chi connectivity index (χ2n) is 7.54. The normalized spacial score (nSPS) is 12.4. The largest absolute Gasteiger partial charge is 0.447 e. The minimum absolute atomic E-state index is 0.318. The molecular formula is C22H23FNO+. The van der Waals surface area contributed by atoms with Gasteiger partial charge in [-0.15, -0.1) is 0 Å². The number of ether oxygens (including phenoxy) is 1. The summed E-state index contributed by atoms with van der Waals surface area (Å²) in [6, 6.07) is 8.01. The molecule has 0 spiro atoms. The molecule has 0 fully saturated rings. The van der Waals surface area contributed by atoms with Crippen LogP contribution in [-0.4, -0.2) is 0 Å². The molecule has 2 heterocycles. The van der Waals surface area contributed by atoms with Crippen molar-refractivity contribution in [1.29, 1.82) is 0 Å². The number of benzene rings is 2. The Morgan fingerprint density at radius 1 is 1.16 bits per heavy atom. The van der Waals surface area contributed by atoms with Crippen LogP contribution in [0.15, 0.2) is 30.5 Å². The number of fused-ring (bicyclic) bond motifs is 2. The molecule has 1 aromatic heterocycles. The zero-order valence-electron chi connectivity index (χ0n) is 15.4. The maximum absolute atomic E-state index is 14.5. The SMILES string of the molecule is Cc1cc2cc(CC(C)C)cc3c2c(c1C)-c1c(c(F)cc[n+]1C)O3. The van der Waals surface area contributed by atoms with Crippen molar-refractivity contribution >= 4 is 10.8 Å². The molecule has 4 rings (SSSR count). The van der Waals surface area contributed by atoms with Crippen LogP contribution in [0.25, 0.3) is 22.0 Å². The molecule has 2 nitrogen and oxygen atoms in total. The van der Waals surface area contributed by atoms with Gasteiger partial charge in [0, 0.05) is 11.5 Å². The number of pyridine rings is 1. The van der Waals surface area contributed by atoms with E-state index in [1.54, 1.807) is 6.20 Å². The Morgan fingerprint density at radius 2 is 1.92 bits per heavy atom. The summed E-state index contributed by atoms with van der Waals surface area (Å²) in [6.45, 7) is 8.64. The molecule has 25 heavy (non-hydrogen) atoms. The minimum Gasteiger partial charge on any atom is -0.447 e. The van der Waals surface area contributed by atoms with E-state index in [1.807, 2.05) is 11.6 Å². The van der Waals surface area contributed by atoms with Crippen LogP contribution < -0.4 is 9.30 Å². The molecule has 2 aromatic carbocycles. The zero-order chi connectivity index (χ0) is 17.9. The lowest BCUT2D eigenvalue weighted by Crippen LogP contribution is -2.32. The predicted molar refractivity (Wildman–Crippen MR) is 98.6 cm³/mol. The average molecular weight is 336 g/mol. The average Bonchev–Trinajstić information content (AvgIpc) is 2.54. The number of aryl methyl sites for hydroxylation is 2. The Kier molecular flexibility index (Phi) is 3.57. The minimum atomic E-state index is -0.318. The van der Waals surface area contributed by atoms with Crippen LogP contribution in [0.4, 0.5) is 4.39 Å². The number of halogens is 1. The summed E-state index contributed by atoms with van der Waals surface area (Å²) in [5.41, 5.74) is 5.53. The monoisotopic (exact) mass is 336 g/mol. The molecule has 128 valence electrons. The molecule has 0 atom stereocenters. The number of nitrogens with zero attached hydrogens (tertiary/aromatic N) is 1. The number of hydrogen-bond donors (Lipinski definition) is 0. The molecule has 0 N–H and O–H groups in total. The van der Waals surface area contributed by atoms with Gasteiger partial charge in [0.15, 0.2) is 12.0 Å². The highest BCUT2D eigenvalue weighted by Gasteiger charge is 2.32. The van der Waals surface area contributed by atoms with Gasteiger partial charge in [0.1, 0.15) is 12.8 Å². The topological polar surface area (TPSA) is 13.1 Å². The second-order valence-corrected chi connectivity index (χ2v) is 7.54.